The molecule has 0 spiro atoms. The Hall–Kier alpha value is -1.38. The average molecular weight is 233 g/mol. The molecule has 0 aliphatic heterocycles. The van der Waals surface area contributed by atoms with Gasteiger partial charge in [-0.05, 0) is 48.0 Å². The van der Waals surface area contributed by atoms with Crippen LogP contribution in [-0.2, 0) is 6.54 Å². The lowest BCUT2D eigenvalue weighted by Gasteiger charge is -2.07. The van der Waals surface area contributed by atoms with Gasteiger partial charge in [-0.15, -0.1) is 0 Å². The maximum atomic E-state index is 6.11. The number of rotatable bonds is 3. The Bertz CT molecular complexity index is 469. The molecule has 1 N–H and O–H groups in total. The van der Waals surface area contributed by atoms with Gasteiger partial charge in [0.05, 0.1) is 0 Å². The van der Waals surface area contributed by atoms with Gasteiger partial charge in [-0.2, -0.15) is 0 Å². The third-order valence-corrected chi connectivity index (χ3v) is 2.80. The zero-order valence-electron chi connectivity index (χ0n) is 9.07. The summed E-state index contributed by atoms with van der Waals surface area (Å²) in [5.74, 6) is 0. The van der Waals surface area contributed by atoms with Crippen LogP contribution in [0.3, 0.4) is 0 Å². The van der Waals surface area contributed by atoms with E-state index in [9.17, 15) is 0 Å². The van der Waals surface area contributed by atoms with Crippen molar-refractivity contribution < 1.29 is 0 Å². The molecule has 0 saturated carbocycles. The van der Waals surface area contributed by atoms with Crippen molar-refractivity contribution in [2.24, 2.45) is 0 Å². The topological polar surface area (TPSA) is 24.9 Å². The standard InChI is InChI=1S/C13H13ClN2/c1-15-9-12-8-11(2-3-13(12)14)10-4-6-16-7-5-10/h2-8,15H,9H2,1H3. The molecule has 1 aromatic carbocycles. The monoisotopic (exact) mass is 232 g/mol. The van der Waals surface area contributed by atoms with E-state index in [1.807, 2.05) is 31.3 Å². The Balaban J connectivity index is 2.40. The molecule has 0 amide bonds. The van der Waals surface area contributed by atoms with Crippen molar-refractivity contribution in [3.63, 3.8) is 0 Å². The summed E-state index contributed by atoms with van der Waals surface area (Å²) in [6.07, 6.45) is 3.59. The number of nitrogens with zero attached hydrogens (tertiary/aromatic N) is 1. The molecule has 0 fully saturated rings. The third kappa shape index (κ3) is 2.40. The Morgan fingerprint density at radius 3 is 2.56 bits per heavy atom. The fourth-order valence-corrected chi connectivity index (χ4v) is 1.81. The van der Waals surface area contributed by atoms with E-state index >= 15 is 0 Å². The molecule has 0 unspecified atom stereocenters. The molecule has 0 aliphatic carbocycles. The van der Waals surface area contributed by atoms with Gasteiger partial charge in [0.25, 0.3) is 0 Å². The third-order valence-electron chi connectivity index (χ3n) is 2.43. The molecule has 0 aliphatic rings. The quantitative estimate of drug-likeness (QED) is 0.880. The van der Waals surface area contributed by atoms with Crippen molar-refractivity contribution in [1.82, 2.24) is 10.3 Å². The van der Waals surface area contributed by atoms with E-state index in [0.29, 0.717) is 0 Å². The summed E-state index contributed by atoms with van der Waals surface area (Å²) >= 11 is 6.11. The van der Waals surface area contributed by atoms with Crippen LogP contribution in [0.4, 0.5) is 0 Å². The van der Waals surface area contributed by atoms with Crippen LogP contribution in [0.5, 0.6) is 0 Å². The maximum Gasteiger partial charge on any atom is 0.0451 e. The number of pyridine rings is 1. The van der Waals surface area contributed by atoms with Crippen LogP contribution in [0.25, 0.3) is 11.1 Å². The van der Waals surface area contributed by atoms with Gasteiger partial charge in [-0.3, -0.25) is 4.98 Å². The number of benzene rings is 1. The van der Waals surface area contributed by atoms with Gasteiger partial charge >= 0.3 is 0 Å². The number of aromatic nitrogens is 1. The lowest BCUT2D eigenvalue weighted by Crippen LogP contribution is -2.05. The summed E-state index contributed by atoms with van der Waals surface area (Å²) in [6.45, 7) is 0.776. The Morgan fingerprint density at radius 1 is 1.12 bits per heavy atom. The van der Waals surface area contributed by atoms with E-state index in [1.54, 1.807) is 12.4 Å². The molecular weight excluding hydrogens is 220 g/mol. The zero-order chi connectivity index (χ0) is 11.4. The molecule has 2 aromatic rings. The van der Waals surface area contributed by atoms with Crippen LogP contribution < -0.4 is 5.32 Å². The largest absolute Gasteiger partial charge is 0.316 e. The molecule has 0 atom stereocenters. The predicted octanol–water partition coefficient (Wildman–Crippen LogP) is 3.12. The van der Waals surface area contributed by atoms with Crippen LogP contribution in [0.15, 0.2) is 42.7 Å². The van der Waals surface area contributed by atoms with Gasteiger partial charge in [0.15, 0.2) is 0 Å². The van der Waals surface area contributed by atoms with E-state index < -0.39 is 0 Å². The minimum absolute atomic E-state index is 0.776. The number of hydrogen-bond donors (Lipinski definition) is 1. The Morgan fingerprint density at radius 2 is 1.88 bits per heavy atom. The van der Waals surface area contributed by atoms with Crippen molar-refractivity contribution in [2.75, 3.05) is 7.05 Å². The van der Waals surface area contributed by atoms with Crippen LogP contribution in [0.2, 0.25) is 5.02 Å². The minimum Gasteiger partial charge on any atom is -0.316 e. The lowest BCUT2D eigenvalue weighted by molar-refractivity contribution is 0.818. The highest BCUT2D eigenvalue weighted by Gasteiger charge is 2.02. The highest BCUT2D eigenvalue weighted by atomic mass is 35.5. The van der Waals surface area contributed by atoms with E-state index in [1.165, 1.54) is 0 Å². The second kappa shape index (κ2) is 5.10. The number of hydrogen-bond acceptors (Lipinski definition) is 2. The van der Waals surface area contributed by atoms with Gasteiger partial charge in [-0.25, -0.2) is 0 Å². The second-order valence-corrected chi connectivity index (χ2v) is 3.98. The molecule has 16 heavy (non-hydrogen) atoms. The van der Waals surface area contributed by atoms with E-state index in [0.717, 1.165) is 28.3 Å². The predicted molar refractivity (Wildman–Crippen MR) is 67.4 cm³/mol. The van der Waals surface area contributed by atoms with E-state index in [-0.39, 0.29) is 0 Å². The molecule has 0 bridgehead atoms. The first-order chi connectivity index (χ1) is 7.81. The number of nitrogens with one attached hydrogen (secondary N) is 1. The zero-order valence-corrected chi connectivity index (χ0v) is 9.83. The van der Waals surface area contributed by atoms with Crippen LogP contribution >= 0.6 is 11.6 Å². The van der Waals surface area contributed by atoms with Crippen molar-refractivity contribution in [2.45, 2.75) is 6.54 Å². The van der Waals surface area contributed by atoms with Crippen LogP contribution in [0.1, 0.15) is 5.56 Å². The van der Waals surface area contributed by atoms with Crippen molar-refractivity contribution in [3.8, 4) is 11.1 Å². The highest BCUT2D eigenvalue weighted by molar-refractivity contribution is 6.31. The molecule has 2 rings (SSSR count). The molecule has 3 heteroatoms. The van der Waals surface area contributed by atoms with Gasteiger partial charge < -0.3 is 5.32 Å². The minimum atomic E-state index is 0.776. The van der Waals surface area contributed by atoms with Crippen molar-refractivity contribution in [1.29, 1.82) is 0 Å². The molecule has 0 saturated heterocycles. The summed E-state index contributed by atoms with van der Waals surface area (Å²) < 4.78 is 0. The first kappa shape index (κ1) is 11.1. The number of halogens is 1. The fraction of sp³-hybridized carbons (Fsp3) is 0.154. The highest BCUT2D eigenvalue weighted by Crippen LogP contribution is 2.24. The van der Waals surface area contributed by atoms with Crippen LogP contribution in [-0.4, -0.2) is 12.0 Å². The Kier molecular flexibility index (Phi) is 3.54. The molecule has 0 radical (unpaired) electrons. The lowest BCUT2D eigenvalue weighted by atomic mass is 10.0. The van der Waals surface area contributed by atoms with Gasteiger partial charge in [-0.1, -0.05) is 17.7 Å². The molecule has 1 heterocycles. The molecule has 2 nitrogen and oxygen atoms in total. The summed E-state index contributed by atoms with van der Waals surface area (Å²) in [5.41, 5.74) is 3.43. The molecular formula is C13H13ClN2. The van der Waals surface area contributed by atoms with Gasteiger partial charge in [0.2, 0.25) is 0 Å². The van der Waals surface area contributed by atoms with Gasteiger partial charge in [0.1, 0.15) is 0 Å². The smallest absolute Gasteiger partial charge is 0.0451 e. The first-order valence-corrected chi connectivity index (χ1v) is 5.52. The van der Waals surface area contributed by atoms with Crippen LogP contribution in [0, 0.1) is 0 Å². The summed E-state index contributed by atoms with van der Waals surface area (Å²) in [5, 5.41) is 3.91. The SMILES string of the molecule is CNCc1cc(-c2ccncc2)ccc1Cl. The summed E-state index contributed by atoms with van der Waals surface area (Å²) in [6, 6.07) is 10.0. The van der Waals surface area contributed by atoms with Crippen molar-refractivity contribution in [3.05, 3.63) is 53.3 Å². The van der Waals surface area contributed by atoms with E-state index in [2.05, 4.69) is 16.4 Å². The Labute approximate surface area is 100 Å². The molecule has 82 valence electrons. The average Bonchev–Trinajstić information content (AvgIpc) is 2.33. The summed E-state index contributed by atoms with van der Waals surface area (Å²) in [4.78, 5) is 4.01. The van der Waals surface area contributed by atoms with Crippen molar-refractivity contribution >= 4 is 11.6 Å². The molecule has 1 aromatic heterocycles. The second-order valence-electron chi connectivity index (χ2n) is 3.57. The fourth-order valence-electron chi connectivity index (χ4n) is 1.62. The first-order valence-electron chi connectivity index (χ1n) is 5.14. The maximum absolute atomic E-state index is 6.11. The van der Waals surface area contributed by atoms with E-state index in [4.69, 9.17) is 11.6 Å². The van der Waals surface area contributed by atoms with Gasteiger partial charge in [0, 0.05) is 24.0 Å². The summed E-state index contributed by atoms with van der Waals surface area (Å²) in [7, 11) is 1.91. The normalized spacial score (nSPS) is 10.4.